The number of aryl methyl sites for hydroxylation is 1. The number of aromatic hydroxyl groups is 2. The summed E-state index contributed by atoms with van der Waals surface area (Å²) < 4.78 is 40.1. The Morgan fingerprint density at radius 3 is 2.17 bits per heavy atom. The van der Waals surface area contributed by atoms with Crippen LogP contribution in [0.15, 0.2) is 79.1 Å². The fourth-order valence-electron chi connectivity index (χ4n) is 4.78. The third kappa shape index (κ3) is 5.67. The Bertz CT molecular complexity index is 1660. The lowest BCUT2D eigenvalue weighted by Gasteiger charge is -2.20. The molecule has 1 aliphatic carbocycles. The number of alkyl halides is 3. The van der Waals surface area contributed by atoms with Crippen molar-refractivity contribution < 1.29 is 42.3 Å². The number of hydrogen-bond acceptors (Lipinski definition) is 5. The lowest BCUT2D eigenvalue weighted by molar-refractivity contribution is -0.688. The molecule has 0 spiro atoms. The van der Waals surface area contributed by atoms with E-state index in [2.05, 4.69) is 5.32 Å². The van der Waals surface area contributed by atoms with Crippen LogP contribution in [0.3, 0.4) is 0 Å². The summed E-state index contributed by atoms with van der Waals surface area (Å²) in [5.74, 6) is -2.67. The predicted molar refractivity (Wildman–Crippen MR) is 141 cm³/mol. The van der Waals surface area contributed by atoms with Crippen molar-refractivity contribution in [1.29, 1.82) is 0 Å². The lowest BCUT2D eigenvalue weighted by atomic mass is 9.82. The number of nitrogens with zero attached hydrogens (tertiary/aromatic N) is 1. The van der Waals surface area contributed by atoms with Crippen molar-refractivity contribution in [2.75, 3.05) is 6.54 Å². The number of ketones is 2. The first-order valence-electron chi connectivity index (χ1n) is 12.7. The van der Waals surface area contributed by atoms with Crippen LogP contribution < -0.4 is 9.88 Å². The highest BCUT2D eigenvalue weighted by molar-refractivity contribution is 6.30. The summed E-state index contributed by atoms with van der Waals surface area (Å²) >= 11 is 0. The van der Waals surface area contributed by atoms with Gasteiger partial charge < -0.3 is 15.5 Å². The fraction of sp³-hybridized carbons (Fsp3) is 0.161. The van der Waals surface area contributed by atoms with E-state index in [0.717, 1.165) is 29.3 Å². The van der Waals surface area contributed by atoms with E-state index in [1.807, 2.05) is 29.1 Å². The number of hydrogen-bond donors (Lipinski definition) is 3. The zero-order valence-corrected chi connectivity index (χ0v) is 21.5. The number of halogens is 3. The molecule has 0 fully saturated rings. The second kappa shape index (κ2) is 10.9. The average Bonchev–Trinajstić information content (AvgIpc) is 2.94. The molecule has 4 aromatic rings. The van der Waals surface area contributed by atoms with Gasteiger partial charge >= 0.3 is 6.18 Å². The highest BCUT2D eigenvalue weighted by Gasteiger charge is 2.35. The Morgan fingerprint density at radius 1 is 0.805 bits per heavy atom. The summed E-state index contributed by atoms with van der Waals surface area (Å²) in [6, 6.07) is 15.3. The van der Waals surface area contributed by atoms with Gasteiger partial charge in [-0.05, 0) is 48.7 Å². The lowest BCUT2D eigenvalue weighted by Crippen LogP contribution is -2.33. The van der Waals surface area contributed by atoms with E-state index in [0.29, 0.717) is 25.9 Å². The quantitative estimate of drug-likeness (QED) is 0.199. The molecule has 1 heterocycles. The number of amides is 1. The molecular weight excluding hydrogens is 537 g/mol. The number of aromatic nitrogens is 1. The van der Waals surface area contributed by atoms with Gasteiger partial charge in [0.25, 0.3) is 5.91 Å². The van der Waals surface area contributed by atoms with E-state index in [9.17, 15) is 37.8 Å². The molecule has 1 aromatic heterocycles. The maximum absolute atomic E-state index is 13.0. The largest absolute Gasteiger partial charge is 0.507 e. The number of pyridine rings is 1. The summed E-state index contributed by atoms with van der Waals surface area (Å²) in [6.45, 7) is 0.726. The minimum Gasteiger partial charge on any atom is -0.507 e. The van der Waals surface area contributed by atoms with Gasteiger partial charge in [-0.3, -0.25) is 14.4 Å². The van der Waals surface area contributed by atoms with E-state index in [1.165, 1.54) is 36.4 Å². The number of rotatable bonds is 7. The molecular formula is C31H24F3N2O5+. The number of phenols is 2. The topological polar surface area (TPSA) is 108 Å². The summed E-state index contributed by atoms with van der Waals surface area (Å²) in [7, 11) is 0. The summed E-state index contributed by atoms with van der Waals surface area (Å²) in [4.78, 5) is 38.6. The van der Waals surface area contributed by atoms with E-state index in [1.54, 1.807) is 0 Å². The minimum atomic E-state index is -4.37. The molecule has 0 aliphatic heterocycles. The number of phenolic OH excluding ortho intramolecular Hbond substituents is 2. The molecule has 0 radical (unpaired) electrons. The highest BCUT2D eigenvalue weighted by Crippen LogP contribution is 2.37. The van der Waals surface area contributed by atoms with Crippen LogP contribution in [0.5, 0.6) is 11.5 Å². The van der Waals surface area contributed by atoms with Gasteiger partial charge in [-0.15, -0.1) is 0 Å². The molecule has 7 nitrogen and oxygen atoms in total. The molecule has 208 valence electrons. The summed E-state index contributed by atoms with van der Waals surface area (Å²) in [5, 5.41) is 23.3. The Morgan fingerprint density at radius 2 is 1.49 bits per heavy atom. The molecule has 10 heteroatoms. The molecule has 0 saturated carbocycles. The van der Waals surface area contributed by atoms with Crippen LogP contribution >= 0.6 is 0 Å². The van der Waals surface area contributed by atoms with Gasteiger partial charge in [-0.2, -0.15) is 13.2 Å². The molecule has 3 N–H and O–H groups in total. The van der Waals surface area contributed by atoms with Crippen LogP contribution in [0.4, 0.5) is 13.2 Å². The molecule has 41 heavy (non-hydrogen) atoms. The Hall–Kier alpha value is -4.99. The molecule has 1 aliphatic rings. The molecule has 0 atom stereocenters. The predicted octanol–water partition coefficient (Wildman–Crippen LogP) is 4.59. The zero-order valence-electron chi connectivity index (χ0n) is 21.5. The Kier molecular flexibility index (Phi) is 7.32. The van der Waals surface area contributed by atoms with E-state index >= 15 is 0 Å². The van der Waals surface area contributed by atoms with E-state index < -0.39 is 35.0 Å². The van der Waals surface area contributed by atoms with Crippen molar-refractivity contribution in [2.24, 2.45) is 0 Å². The number of benzene rings is 3. The second-order valence-electron chi connectivity index (χ2n) is 9.71. The van der Waals surface area contributed by atoms with E-state index in [4.69, 9.17) is 0 Å². The van der Waals surface area contributed by atoms with Gasteiger partial charge in [0.05, 0.1) is 16.7 Å². The van der Waals surface area contributed by atoms with Gasteiger partial charge in [-0.25, -0.2) is 4.57 Å². The third-order valence-electron chi connectivity index (χ3n) is 6.90. The first-order chi connectivity index (χ1) is 19.5. The Labute approximate surface area is 232 Å². The van der Waals surface area contributed by atoms with Crippen LogP contribution in [-0.4, -0.2) is 34.2 Å². The van der Waals surface area contributed by atoms with Crippen molar-refractivity contribution in [2.45, 2.75) is 25.6 Å². The summed E-state index contributed by atoms with van der Waals surface area (Å²) in [6.07, 6.45) is 0.530. The zero-order chi connectivity index (χ0) is 29.3. The van der Waals surface area contributed by atoms with Crippen molar-refractivity contribution in [3.63, 3.8) is 0 Å². The van der Waals surface area contributed by atoms with Gasteiger partial charge in [0.2, 0.25) is 5.78 Å². The molecule has 0 bridgehead atoms. The number of carbonyl (C=O) groups is 3. The molecule has 3 aromatic carbocycles. The smallest absolute Gasteiger partial charge is 0.416 e. The SMILES string of the molecule is O=C(NCCCc1cc[n+](Cc2ccc(C(F)(F)F)cc2)cc1)c1cc(O)c2c(c1)C(=O)c1cccc(O)c1C2=O. The van der Waals surface area contributed by atoms with Crippen LogP contribution in [0.25, 0.3) is 0 Å². The van der Waals surface area contributed by atoms with Gasteiger partial charge in [-0.1, -0.05) is 24.3 Å². The van der Waals surface area contributed by atoms with Gasteiger partial charge in [0.15, 0.2) is 24.7 Å². The minimum absolute atomic E-state index is 0.00278. The highest BCUT2D eigenvalue weighted by atomic mass is 19.4. The van der Waals surface area contributed by atoms with Crippen molar-refractivity contribution in [3.05, 3.63) is 124 Å². The first kappa shape index (κ1) is 27.6. The first-order valence-corrected chi connectivity index (χ1v) is 12.7. The monoisotopic (exact) mass is 561 g/mol. The van der Waals surface area contributed by atoms with Crippen molar-refractivity contribution in [1.82, 2.24) is 5.32 Å². The van der Waals surface area contributed by atoms with Crippen LogP contribution in [-0.2, 0) is 19.1 Å². The third-order valence-corrected chi connectivity index (χ3v) is 6.90. The average molecular weight is 562 g/mol. The molecule has 0 unspecified atom stereocenters. The van der Waals surface area contributed by atoms with Crippen LogP contribution in [0.2, 0.25) is 0 Å². The van der Waals surface area contributed by atoms with Crippen LogP contribution in [0.1, 0.15) is 65.3 Å². The summed E-state index contributed by atoms with van der Waals surface area (Å²) in [5.41, 5.74) is 0.543. The van der Waals surface area contributed by atoms with Crippen LogP contribution in [0, 0.1) is 0 Å². The standard InChI is InChI=1S/C31H23F3N2O5/c32-31(33,34)21-8-6-19(7-9-21)17-36-13-10-18(11-14-36)3-2-12-35-30(41)20-15-23-27(25(38)16-20)29(40)26-22(28(23)39)4-1-5-24(26)37/h1,4-11,13-16H,2-3,12,17H2,(H2-,35,37,38,40,41)/p+1. The second-order valence-corrected chi connectivity index (χ2v) is 9.71. The van der Waals surface area contributed by atoms with Crippen molar-refractivity contribution in [3.8, 4) is 11.5 Å². The van der Waals surface area contributed by atoms with E-state index in [-0.39, 0.29) is 33.6 Å². The number of carbonyl (C=O) groups excluding carboxylic acids is 3. The Balaban J connectivity index is 1.16. The van der Waals surface area contributed by atoms with Crippen molar-refractivity contribution >= 4 is 17.5 Å². The molecule has 0 saturated heterocycles. The molecule has 1 amide bonds. The van der Waals surface area contributed by atoms with Gasteiger partial charge in [0, 0.05) is 40.9 Å². The molecule has 5 rings (SSSR count). The van der Waals surface area contributed by atoms with Gasteiger partial charge in [0.1, 0.15) is 11.5 Å². The number of fused-ring (bicyclic) bond motifs is 2. The number of nitrogens with one attached hydrogen (secondary N) is 1. The maximum Gasteiger partial charge on any atom is 0.416 e. The fourth-order valence-corrected chi connectivity index (χ4v) is 4.78. The normalized spacial score (nSPS) is 12.6. The maximum atomic E-state index is 13.0.